The Morgan fingerprint density at radius 1 is 1.10 bits per heavy atom. The number of ether oxygens (including phenoxy) is 2. The highest BCUT2D eigenvalue weighted by atomic mass is 19.1. The molecule has 0 bridgehead atoms. The van der Waals surface area contributed by atoms with Gasteiger partial charge < -0.3 is 20.1 Å². The fourth-order valence-corrected chi connectivity index (χ4v) is 3.48. The largest absolute Gasteiger partial charge is 0.486 e. The first-order chi connectivity index (χ1) is 15.2. The molecule has 1 heterocycles. The molecule has 0 spiro atoms. The second-order valence-electron chi connectivity index (χ2n) is 7.54. The van der Waals surface area contributed by atoms with Crippen LogP contribution in [0.2, 0.25) is 0 Å². The summed E-state index contributed by atoms with van der Waals surface area (Å²) < 4.78 is 25.1. The second-order valence-corrected chi connectivity index (χ2v) is 7.54. The van der Waals surface area contributed by atoms with Crippen LogP contribution >= 0.6 is 0 Å². The highest BCUT2D eigenvalue weighted by molar-refractivity contribution is 5.79. The van der Waals surface area contributed by atoms with Crippen LogP contribution in [-0.2, 0) is 17.8 Å². The zero-order valence-electron chi connectivity index (χ0n) is 18.4. The minimum atomic E-state index is -0.347. The lowest BCUT2D eigenvalue weighted by molar-refractivity contribution is 0.0341. The number of aliphatic imine (C=N–C) groups is 1. The number of para-hydroxylation sites is 1. The Bertz CT molecular complexity index is 840. The van der Waals surface area contributed by atoms with Crippen molar-refractivity contribution in [3.8, 4) is 5.75 Å². The second kappa shape index (κ2) is 12.3. The van der Waals surface area contributed by atoms with Crippen molar-refractivity contribution in [2.24, 2.45) is 4.99 Å². The number of halogens is 1. The zero-order chi connectivity index (χ0) is 21.9. The van der Waals surface area contributed by atoms with E-state index < -0.39 is 0 Å². The maximum Gasteiger partial charge on any atom is 0.191 e. The summed E-state index contributed by atoms with van der Waals surface area (Å²) in [6.07, 6.45) is 0.588. The van der Waals surface area contributed by atoms with Crippen LogP contribution in [0.1, 0.15) is 24.5 Å². The third-order valence-corrected chi connectivity index (χ3v) is 5.37. The quantitative estimate of drug-likeness (QED) is 0.475. The first-order valence-electron chi connectivity index (χ1n) is 10.9. The first kappa shape index (κ1) is 23.0. The number of morpholine rings is 1. The molecule has 2 N–H and O–H groups in total. The molecular weight excluding hydrogens is 395 g/mol. The monoisotopic (exact) mass is 428 g/mol. The number of hydrogen-bond donors (Lipinski definition) is 2. The van der Waals surface area contributed by atoms with Crippen molar-refractivity contribution in [1.82, 2.24) is 15.5 Å². The van der Waals surface area contributed by atoms with Gasteiger partial charge in [0, 0.05) is 33.2 Å². The molecule has 168 valence electrons. The fraction of sp³-hybridized carbons (Fsp3) is 0.458. The van der Waals surface area contributed by atoms with Gasteiger partial charge in [-0.2, -0.15) is 0 Å². The molecule has 1 aliphatic heterocycles. The Labute approximate surface area is 184 Å². The van der Waals surface area contributed by atoms with Gasteiger partial charge in [0.2, 0.25) is 0 Å². The minimum Gasteiger partial charge on any atom is -0.486 e. The molecule has 0 aromatic heterocycles. The van der Waals surface area contributed by atoms with E-state index in [1.165, 1.54) is 17.2 Å². The SMILES string of the molecule is CCC(CNC(=NC)NCc1ccccc1CN1CCOCC1)Oc1ccccc1F. The topological polar surface area (TPSA) is 58.1 Å². The smallest absolute Gasteiger partial charge is 0.191 e. The van der Waals surface area contributed by atoms with Crippen molar-refractivity contribution in [3.05, 3.63) is 65.5 Å². The molecule has 2 aromatic carbocycles. The molecule has 0 saturated carbocycles. The summed E-state index contributed by atoms with van der Waals surface area (Å²) in [4.78, 5) is 6.74. The average molecular weight is 429 g/mol. The molecular formula is C24H33FN4O2. The van der Waals surface area contributed by atoms with E-state index in [0.29, 0.717) is 19.0 Å². The van der Waals surface area contributed by atoms with Gasteiger partial charge in [-0.15, -0.1) is 0 Å². The van der Waals surface area contributed by atoms with E-state index in [0.717, 1.165) is 39.3 Å². The van der Waals surface area contributed by atoms with Gasteiger partial charge in [0.25, 0.3) is 0 Å². The molecule has 1 saturated heterocycles. The number of hydrogen-bond acceptors (Lipinski definition) is 4. The molecule has 2 aromatic rings. The molecule has 31 heavy (non-hydrogen) atoms. The van der Waals surface area contributed by atoms with Gasteiger partial charge in [-0.25, -0.2) is 4.39 Å². The van der Waals surface area contributed by atoms with E-state index in [1.807, 2.05) is 6.92 Å². The van der Waals surface area contributed by atoms with Crippen LogP contribution in [0.5, 0.6) is 5.75 Å². The van der Waals surface area contributed by atoms with Crippen molar-refractivity contribution in [1.29, 1.82) is 0 Å². The van der Waals surface area contributed by atoms with Crippen LogP contribution in [0, 0.1) is 5.82 Å². The molecule has 1 unspecified atom stereocenters. The standard InChI is InChI=1S/C24H33FN4O2/c1-3-21(31-23-11-7-6-10-22(23)25)17-28-24(26-2)27-16-19-8-4-5-9-20(19)18-29-12-14-30-15-13-29/h4-11,21H,3,12-18H2,1-2H3,(H2,26,27,28). The van der Waals surface area contributed by atoms with Crippen LogP contribution in [0.3, 0.4) is 0 Å². The van der Waals surface area contributed by atoms with Crippen LogP contribution in [0.15, 0.2) is 53.5 Å². The van der Waals surface area contributed by atoms with E-state index in [1.54, 1.807) is 25.2 Å². The van der Waals surface area contributed by atoms with Crippen LogP contribution in [0.4, 0.5) is 4.39 Å². The zero-order valence-corrected chi connectivity index (χ0v) is 18.4. The number of benzene rings is 2. The molecule has 0 radical (unpaired) electrons. The third-order valence-electron chi connectivity index (χ3n) is 5.37. The first-order valence-corrected chi connectivity index (χ1v) is 10.9. The Morgan fingerprint density at radius 2 is 1.81 bits per heavy atom. The normalized spacial score (nSPS) is 16.0. The molecule has 7 heteroatoms. The van der Waals surface area contributed by atoms with Gasteiger partial charge in [-0.1, -0.05) is 43.3 Å². The van der Waals surface area contributed by atoms with Gasteiger partial charge in [-0.3, -0.25) is 9.89 Å². The lowest BCUT2D eigenvalue weighted by Crippen LogP contribution is -2.42. The predicted octanol–water partition coefficient (Wildman–Crippen LogP) is 3.18. The Morgan fingerprint density at radius 3 is 2.52 bits per heavy atom. The molecule has 1 fully saturated rings. The molecule has 1 aliphatic rings. The summed E-state index contributed by atoms with van der Waals surface area (Å²) in [5.74, 6) is 0.619. The summed E-state index contributed by atoms with van der Waals surface area (Å²) in [6, 6.07) is 15.0. The van der Waals surface area contributed by atoms with Gasteiger partial charge >= 0.3 is 0 Å². The summed E-state index contributed by atoms with van der Waals surface area (Å²) in [7, 11) is 1.74. The highest BCUT2D eigenvalue weighted by Crippen LogP contribution is 2.18. The van der Waals surface area contributed by atoms with E-state index in [9.17, 15) is 4.39 Å². The van der Waals surface area contributed by atoms with Gasteiger partial charge in [-0.05, 0) is 29.7 Å². The summed E-state index contributed by atoms with van der Waals surface area (Å²) >= 11 is 0. The van der Waals surface area contributed by atoms with E-state index in [-0.39, 0.29) is 17.7 Å². The van der Waals surface area contributed by atoms with Crippen LogP contribution < -0.4 is 15.4 Å². The molecule has 3 rings (SSSR count). The van der Waals surface area contributed by atoms with Gasteiger partial charge in [0.15, 0.2) is 17.5 Å². The van der Waals surface area contributed by atoms with E-state index in [2.05, 4.69) is 44.8 Å². The van der Waals surface area contributed by atoms with Gasteiger partial charge in [0.1, 0.15) is 6.10 Å². The van der Waals surface area contributed by atoms with Crippen LogP contribution in [-0.4, -0.2) is 56.9 Å². The summed E-state index contributed by atoms with van der Waals surface area (Å²) in [5, 5.41) is 6.68. The van der Waals surface area contributed by atoms with E-state index >= 15 is 0 Å². The minimum absolute atomic E-state index is 0.163. The highest BCUT2D eigenvalue weighted by Gasteiger charge is 2.14. The number of nitrogens with one attached hydrogen (secondary N) is 2. The summed E-state index contributed by atoms with van der Waals surface area (Å²) in [6.45, 7) is 7.66. The number of guanidine groups is 1. The Balaban J connectivity index is 1.51. The Hall–Kier alpha value is -2.64. The van der Waals surface area contributed by atoms with Crippen molar-refractivity contribution in [2.75, 3.05) is 39.9 Å². The lowest BCUT2D eigenvalue weighted by Gasteiger charge is -2.27. The predicted molar refractivity (Wildman–Crippen MR) is 122 cm³/mol. The average Bonchev–Trinajstić information content (AvgIpc) is 2.81. The maximum atomic E-state index is 13.9. The van der Waals surface area contributed by atoms with Gasteiger partial charge in [0.05, 0.1) is 19.8 Å². The third kappa shape index (κ3) is 7.22. The summed E-state index contributed by atoms with van der Waals surface area (Å²) in [5.41, 5.74) is 2.55. The fourth-order valence-electron chi connectivity index (χ4n) is 3.48. The lowest BCUT2D eigenvalue weighted by atomic mass is 10.1. The van der Waals surface area contributed by atoms with Crippen molar-refractivity contribution < 1.29 is 13.9 Å². The van der Waals surface area contributed by atoms with Crippen molar-refractivity contribution in [3.63, 3.8) is 0 Å². The molecule has 1 atom stereocenters. The number of rotatable bonds is 9. The molecule has 6 nitrogen and oxygen atoms in total. The van der Waals surface area contributed by atoms with Crippen LogP contribution in [0.25, 0.3) is 0 Å². The number of nitrogens with zero attached hydrogens (tertiary/aromatic N) is 2. The van der Waals surface area contributed by atoms with Crippen molar-refractivity contribution >= 4 is 5.96 Å². The van der Waals surface area contributed by atoms with Crippen molar-refractivity contribution in [2.45, 2.75) is 32.5 Å². The Kier molecular flexibility index (Phi) is 9.12. The molecule has 0 aliphatic carbocycles. The van der Waals surface area contributed by atoms with E-state index in [4.69, 9.17) is 9.47 Å². The maximum absolute atomic E-state index is 13.9. The molecule has 0 amide bonds.